The Morgan fingerprint density at radius 3 is 1.44 bits per heavy atom. The van der Waals surface area contributed by atoms with Gasteiger partial charge in [-0.05, 0) is 12.8 Å². The first-order valence-corrected chi connectivity index (χ1v) is 14.6. The molecule has 0 saturated heterocycles. The van der Waals surface area contributed by atoms with E-state index in [-0.39, 0.29) is 21.4 Å². The Hall–Kier alpha value is 3.19. The van der Waals surface area contributed by atoms with Crippen molar-refractivity contribution < 1.29 is 18.5 Å². The van der Waals surface area contributed by atoms with E-state index in [2.05, 4.69) is 63.7 Å². The molecule has 0 aromatic heterocycles. The summed E-state index contributed by atoms with van der Waals surface area (Å²) < 4.78 is 23.1. The molecule has 6 atom stereocenters. The molecular formula is C12H19Br4Cl4O4P. The summed E-state index contributed by atoms with van der Waals surface area (Å²) >= 11 is 37.3. The Balaban J connectivity index is 5.09. The van der Waals surface area contributed by atoms with Gasteiger partial charge in [-0.1, -0.05) is 63.7 Å². The van der Waals surface area contributed by atoms with E-state index in [1.807, 2.05) is 0 Å². The van der Waals surface area contributed by atoms with Crippen molar-refractivity contribution >= 4 is 118 Å². The van der Waals surface area contributed by atoms with Gasteiger partial charge in [-0.25, -0.2) is 4.57 Å². The molecule has 0 saturated carbocycles. The maximum Gasteiger partial charge on any atom is 0.472 e. The molecule has 0 fully saturated rings. The van der Waals surface area contributed by atoms with Gasteiger partial charge in [0, 0.05) is 32.1 Å². The molecule has 25 heavy (non-hydrogen) atoms. The van der Waals surface area contributed by atoms with Gasteiger partial charge < -0.3 is 4.89 Å². The van der Waals surface area contributed by atoms with Crippen LogP contribution in [0.3, 0.4) is 0 Å². The third-order valence-electron chi connectivity index (χ3n) is 2.95. The van der Waals surface area contributed by atoms with Crippen molar-refractivity contribution in [1.29, 1.82) is 0 Å². The summed E-state index contributed by atoms with van der Waals surface area (Å²) in [6.07, 6.45) is -0.823. The summed E-state index contributed by atoms with van der Waals surface area (Å²) in [4.78, 5) is 10.1. The second-order valence-corrected chi connectivity index (χ2v) is 12.1. The molecule has 0 amide bonds. The summed E-state index contributed by atoms with van der Waals surface area (Å²) in [7, 11) is -4.43. The number of phosphoric ester groups is 1. The molecule has 0 rings (SSSR count). The monoisotopic (exact) mass is 714 g/mol. The molecule has 6 unspecified atom stereocenters. The van der Waals surface area contributed by atoms with Crippen LogP contribution in [-0.4, -0.2) is 59.9 Å². The zero-order valence-corrected chi connectivity index (χ0v) is 23.1. The highest BCUT2D eigenvalue weighted by Gasteiger charge is 2.36. The van der Waals surface area contributed by atoms with Crippen molar-refractivity contribution in [3.05, 3.63) is 0 Å². The third kappa shape index (κ3) is 12.5. The fourth-order valence-electron chi connectivity index (χ4n) is 1.71. The van der Waals surface area contributed by atoms with Crippen LogP contribution in [0, 0.1) is 0 Å². The summed E-state index contributed by atoms with van der Waals surface area (Å²) in [6, 6.07) is 0. The van der Waals surface area contributed by atoms with Crippen LogP contribution in [0.5, 0.6) is 0 Å². The topological polar surface area (TPSA) is 55.8 Å². The average molecular weight is 720 g/mol. The zero-order chi connectivity index (χ0) is 19.6. The van der Waals surface area contributed by atoms with E-state index in [9.17, 15) is 9.46 Å². The quantitative estimate of drug-likeness (QED) is 0.162. The molecule has 0 aliphatic heterocycles. The molecule has 0 spiro atoms. The van der Waals surface area contributed by atoms with Gasteiger partial charge in [-0.15, -0.1) is 46.4 Å². The number of rotatable bonds is 14. The van der Waals surface area contributed by atoms with Crippen molar-refractivity contribution in [2.45, 2.75) is 45.5 Å². The minimum atomic E-state index is -4.43. The zero-order valence-electron chi connectivity index (χ0n) is 12.8. The fraction of sp³-hybridized carbons (Fsp3) is 1.00. The van der Waals surface area contributed by atoms with Crippen LogP contribution in [-0.2, 0) is 13.6 Å². The number of phosphoric acid groups is 1. The molecule has 13 heteroatoms. The first-order chi connectivity index (χ1) is 11.6. The molecule has 0 heterocycles. The van der Waals surface area contributed by atoms with Gasteiger partial charge in [0.1, 0.15) is 0 Å². The number of hydrogen-bond acceptors (Lipinski definition) is 3. The molecule has 1 N–H and O–H groups in total. The second-order valence-electron chi connectivity index (χ2n) is 5.07. The normalized spacial score (nSPS) is 21.8. The number of alkyl halides is 8. The highest BCUT2D eigenvalue weighted by molar-refractivity contribution is 9.12. The molecule has 0 aromatic carbocycles. The molecule has 0 bridgehead atoms. The smallest absolute Gasteiger partial charge is 0.302 e. The Kier molecular flexibility index (Phi) is 17.0. The van der Waals surface area contributed by atoms with Gasteiger partial charge >= 0.3 is 7.82 Å². The summed E-state index contributed by atoms with van der Waals surface area (Å²) in [5, 5.41) is -0.0845. The lowest BCUT2D eigenvalue weighted by atomic mass is 10.1. The molecule has 152 valence electrons. The lowest BCUT2D eigenvalue weighted by molar-refractivity contribution is 0.0686. The second kappa shape index (κ2) is 15.1. The maximum atomic E-state index is 12.5. The van der Waals surface area contributed by atoms with E-state index >= 15 is 0 Å². The van der Waals surface area contributed by atoms with Gasteiger partial charge in [0.25, 0.3) is 0 Å². The molecule has 0 aliphatic rings. The average Bonchev–Trinajstić information content (AvgIpc) is 2.58. The van der Waals surface area contributed by atoms with Crippen LogP contribution in [0.2, 0.25) is 0 Å². The third-order valence-corrected chi connectivity index (χ3v) is 10.6. The first kappa shape index (κ1) is 28.2. The fourth-order valence-corrected chi connectivity index (χ4v) is 5.02. The van der Waals surface area contributed by atoms with E-state index in [0.717, 1.165) is 0 Å². The predicted molar refractivity (Wildman–Crippen MR) is 123 cm³/mol. The van der Waals surface area contributed by atoms with Gasteiger partial charge in [0.15, 0.2) is 0 Å². The van der Waals surface area contributed by atoms with Crippen molar-refractivity contribution in [1.82, 2.24) is 0 Å². The van der Waals surface area contributed by atoms with Crippen LogP contribution in [0.4, 0.5) is 0 Å². The largest absolute Gasteiger partial charge is 0.472 e. The van der Waals surface area contributed by atoms with Crippen molar-refractivity contribution in [2.75, 3.05) is 22.4 Å². The van der Waals surface area contributed by atoms with Crippen molar-refractivity contribution in [2.24, 2.45) is 0 Å². The van der Waals surface area contributed by atoms with Gasteiger partial charge in [0.2, 0.25) is 0 Å². The number of halogens is 8. The molecule has 0 aliphatic carbocycles. The van der Waals surface area contributed by atoms with Crippen molar-refractivity contribution in [3.8, 4) is 0 Å². The SMILES string of the molecule is O=P(O)(OC(CC(Br)CBr)C(Cl)CCl)OC(CC(Br)CBr)C(Cl)CCl. The summed E-state index contributed by atoms with van der Waals surface area (Å²) in [5.74, 6) is 0.120. The summed E-state index contributed by atoms with van der Waals surface area (Å²) in [6.45, 7) is 0. The Morgan fingerprint density at radius 2 is 1.20 bits per heavy atom. The highest BCUT2D eigenvalue weighted by atomic mass is 79.9. The van der Waals surface area contributed by atoms with Gasteiger partial charge in [-0.2, -0.15) is 0 Å². The lowest BCUT2D eigenvalue weighted by Crippen LogP contribution is -2.32. The Morgan fingerprint density at radius 1 is 0.880 bits per heavy atom. The van der Waals surface area contributed by atoms with Gasteiger partial charge in [-0.3, -0.25) is 9.05 Å². The minimum absolute atomic E-state index is 0.0123. The van der Waals surface area contributed by atoms with Crippen LogP contribution in [0.1, 0.15) is 12.8 Å². The van der Waals surface area contributed by atoms with Crippen LogP contribution in [0.15, 0.2) is 0 Å². The van der Waals surface area contributed by atoms with E-state index < -0.39 is 30.8 Å². The van der Waals surface area contributed by atoms with Crippen LogP contribution < -0.4 is 0 Å². The number of hydrogen-bond donors (Lipinski definition) is 1. The maximum absolute atomic E-state index is 12.5. The van der Waals surface area contributed by atoms with E-state index in [1.54, 1.807) is 0 Å². The van der Waals surface area contributed by atoms with Gasteiger partial charge in [0.05, 0.1) is 23.0 Å². The summed E-state index contributed by atoms with van der Waals surface area (Å²) in [5.41, 5.74) is 0. The molecule has 0 aromatic rings. The molecular weight excluding hydrogens is 701 g/mol. The highest BCUT2D eigenvalue weighted by Crippen LogP contribution is 2.49. The van der Waals surface area contributed by atoms with E-state index in [4.69, 9.17) is 55.5 Å². The predicted octanol–water partition coefficient (Wildman–Crippen LogP) is 6.65. The Bertz CT molecular complexity index is 383. The van der Waals surface area contributed by atoms with Crippen molar-refractivity contribution in [3.63, 3.8) is 0 Å². The minimum Gasteiger partial charge on any atom is -0.302 e. The van der Waals surface area contributed by atoms with E-state index in [0.29, 0.717) is 23.5 Å². The van der Waals surface area contributed by atoms with E-state index in [1.165, 1.54) is 0 Å². The standard InChI is InChI=1S/C12H19Br4Cl4O4P/c13-3-7(15)1-11(9(19)5-17)23-25(21,22)24-12(10(20)6-18)2-8(16)4-14/h7-12H,1-6H2,(H,21,22). The first-order valence-electron chi connectivity index (χ1n) is 7.09. The van der Waals surface area contributed by atoms with Crippen LogP contribution in [0.25, 0.3) is 0 Å². The Labute approximate surface area is 202 Å². The molecule has 4 nitrogen and oxygen atoms in total. The van der Waals surface area contributed by atoms with Crippen LogP contribution >= 0.6 is 118 Å². The molecule has 0 radical (unpaired) electrons. The lowest BCUT2D eigenvalue weighted by Gasteiger charge is -2.29.